The minimum atomic E-state index is -0.457. The van der Waals surface area contributed by atoms with E-state index < -0.39 is 4.92 Å². The van der Waals surface area contributed by atoms with E-state index in [-0.39, 0.29) is 5.69 Å². The third-order valence-corrected chi connectivity index (χ3v) is 2.33. The number of rotatable bonds is 2. The van der Waals surface area contributed by atoms with Gasteiger partial charge in [-0.1, -0.05) is 12.1 Å². The van der Waals surface area contributed by atoms with Gasteiger partial charge < -0.3 is 5.73 Å². The first-order valence-electron chi connectivity index (χ1n) is 4.92. The van der Waals surface area contributed by atoms with Crippen molar-refractivity contribution in [1.82, 2.24) is 9.97 Å². The Bertz CT molecular complexity index is 583. The van der Waals surface area contributed by atoms with E-state index in [2.05, 4.69) is 9.97 Å². The predicted octanol–water partition coefficient (Wildman–Crippen LogP) is 1.94. The van der Waals surface area contributed by atoms with Crippen LogP contribution in [0.5, 0.6) is 0 Å². The Morgan fingerprint density at radius 3 is 2.82 bits per heavy atom. The van der Waals surface area contributed by atoms with Crippen molar-refractivity contribution in [2.75, 3.05) is 5.73 Å². The summed E-state index contributed by atoms with van der Waals surface area (Å²) in [5.74, 6) is 0.762. The molecule has 2 N–H and O–H groups in total. The van der Waals surface area contributed by atoms with Crippen LogP contribution < -0.4 is 5.73 Å². The average molecular weight is 230 g/mol. The second kappa shape index (κ2) is 4.17. The fourth-order valence-electron chi connectivity index (χ4n) is 1.35. The number of non-ortho nitro benzene ring substituents is 1. The van der Waals surface area contributed by atoms with E-state index in [4.69, 9.17) is 5.73 Å². The molecule has 0 unspecified atom stereocenters. The molecule has 6 nitrogen and oxygen atoms in total. The fourth-order valence-corrected chi connectivity index (χ4v) is 1.35. The minimum Gasteiger partial charge on any atom is -0.383 e. The first-order chi connectivity index (χ1) is 8.08. The number of hydrogen-bond donors (Lipinski definition) is 1. The number of nitrogens with two attached hydrogens (primary N) is 1. The molecule has 2 aromatic rings. The van der Waals surface area contributed by atoms with Crippen molar-refractivity contribution in [3.8, 4) is 11.4 Å². The molecule has 0 amide bonds. The van der Waals surface area contributed by atoms with Gasteiger partial charge in [0.1, 0.15) is 5.82 Å². The van der Waals surface area contributed by atoms with Gasteiger partial charge in [-0.25, -0.2) is 9.97 Å². The summed E-state index contributed by atoms with van der Waals surface area (Å²) in [6.07, 6.45) is 1.59. The Kier molecular flexibility index (Phi) is 2.70. The second-order valence-corrected chi connectivity index (χ2v) is 3.57. The highest BCUT2D eigenvalue weighted by atomic mass is 16.6. The number of anilines is 1. The molecule has 86 valence electrons. The molecule has 0 aliphatic rings. The quantitative estimate of drug-likeness (QED) is 0.628. The van der Waals surface area contributed by atoms with Crippen molar-refractivity contribution in [3.63, 3.8) is 0 Å². The zero-order valence-electron chi connectivity index (χ0n) is 9.12. The number of nitrogens with zero attached hydrogens (tertiary/aromatic N) is 3. The molecule has 0 saturated heterocycles. The Morgan fingerprint density at radius 2 is 2.18 bits per heavy atom. The van der Waals surface area contributed by atoms with E-state index in [1.807, 2.05) is 0 Å². The zero-order valence-corrected chi connectivity index (χ0v) is 9.12. The Hall–Kier alpha value is -2.50. The molecule has 0 aliphatic heterocycles. The number of hydrogen-bond acceptors (Lipinski definition) is 5. The standard InChI is InChI=1S/C11H10N4O2/c1-7-6-13-11(14-10(7)12)8-3-2-4-9(5-8)15(16)17/h2-6H,1H3,(H2,12,13,14). The summed E-state index contributed by atoms with van der Waals surface area (Å²) in [6, 6.07) is 6.13. The van der Waals surface area contributed by atoms with Gasteiger partial charge in [0.05, 0.1) is 4.92 Å². The van der Waals surface area contributed by atoms with Crippen LogP contribution in [0.25, 0.3) is 11.4 Å². The van der Waals surface area contributed by atoms with Crippen LogP contribution in [0.3, 0.4) is 0 Å². The molecule has 0 atom stereocenters. The molecule has 6 heteroatoms. The average Bonchev–Trinajstić information content (AvgIpc) is 2.33. The van der Waals surface area contributed by atoms with E-state index in [1.165, 1.54) is 12.1 Å². The van der Waals surface area contributed by atoms with Gasteiger partial charge in [0, 0.05) is 29.5 Å². The van der Waals surface area contributed by atoms with E-state index in [9.17, 15) is 10.1 Å². The first-order valence-corrected chi connectivity index (χ1v) is 4.92. The minimum absolute atomic E-state index is 0.00486. The van der Waals surface area contributed by atoms with Crippen molar-refractivity contribution in [3.05, 3.63) is 46.1 Å². The predicted molar refractivity (Wildman–Crippen MR) is 63.3 cm³/mol. The molecule has 0 saturated carbocycles. The topological polar surface area (TPSA) is 94.9 Å². The van der Waals surface area contributed by atoms with E-state index in [0.717, 1.165) is 5.56 Å². The highest BCUT2D eigenvalue weighted by molar-refractivity contribution is 5.60. The van der Waals surface area contributed by atoms with Gasteiger partial charge in [0.15, 0.2) is 5.82 Å². The van der Waals surface area contributed by atoms with Gasteiger partial charge in [-0.05, 0) is 6.92 Å². The smallest absolute Gasteiger partial charge is 0.270 e. The van der Waals surface area contributed by atoms with Crippen LogP contribution in [-0.4, -0.2) is 14.9 Å². The molecule has 1 heterocycles. The summed E-state index contributed by atoms with van der Waals surface area (Å²) in [4.78, 5) is 18.4. The molecule has 1 aromatic heterocycles. The largest absolute Gasteiger partial charge is 0.383 e. The number of nitro groups is 1. The third kappa shape index (κ3) is 2.20. The van der Waals surface area contributed by atoms with Gasteiger partial charge in [0.2, 0.25) is 0 Å². The first kappa shape index (κ1) is 11.0. The molecule has 0 bridgehead atoms. The highest BCUT2D eigenvalue weighted by Crippen LogP contribution is 2.21. The van der Waals surface area contributed by atoms with Gasteiger partial charge in [-0.3, -0.25) is 10.1 Å². The lowest BCUT2D eigenvalue weighted by Gasteiger charge is -2.03. The van der Waals surface area contributed by atoms with E-state index in [1.54, 1.807) is 25.3 Å². The van der Waals surface area contributed by atoms with Gasteiger partial charge in [-0.2, -0.15) is 0 Å². The van der Waals surface area contributed by atoms with Crippen LogP contribution in [0.2, 0.25) is 0 Å². The number of aryl methyl sites for hydroxylation is 1. The van der Waals surface area contributed by atoms with Crippen molar-refractivity contribution >= 4 is 11.5 Å². The van der Waals surface area contributed by atoms with Crippen LogP contribution >= 0.6 is 0 Å². The molecular weight excluding hydrogens is 220 g/mol. The Balaban J connectivity index is 2.49. The SMILES string of the molecule is Cc1cnc(-c2cccc([N+](=O)[O-])c2)nc1N. The van der Waals surface area contributed by atoms with Gasteiger partial charge in [-0.15, -0.1) is 0 Å². The summed E-state index contributed by atoms with van der Waals surface area (Å²) in [6.45, 7) is 1.80. The normalized spacial score (nSPS) is 10.2. The molecule has 2 rings (SSSR count). The van der Waals surface area contributed by atoms with Crippen molar-refractivity contribution in [2.45, 2.75) is 6.92 Å². The highest BCUT2D eigenvalue weighted by Gasteiger charge is 2.09. The number of nitrogen functional groups attached to an aromatic ring is 1. The maximum Gasteiger partial charge on any atom is 0.270 e. The number of benzene rings is 1. The molecule has 0 aliphatic carbocycles. The molecular formula is C11H10N4O2. The summed E-state index contributed by atoms with van der Waals surface area (Å²) in [5, 5.41) is 10.6. The third-order valence-electron chi connectivity index (χ3n) is 2.33. The Labute approximate surface area is 97.3 Å². The second-order valence-electron chi connectivity index (χ2n) is 3.57. The van der Waals surface area contributed by atoms with Crippen LogP contribution in [0.4, 0.5) is 11.5 Å². The van der Waals surface area contributed by atoms with Crippen molar-refractivity contribution < 1.29 is 4.92 Å². The number of aromatic nitrogens is 2. The Morgan fingerprint density at radius 1 is 1.41 bits per heavy atom. The molecule has 0 fully saturated rings. The van der Waals surface area contributed by atoms with Crippen molar-refractivity contribution in [2.24, 2.45) is 0 Å². The van der Waals surface area contributed by atoms with E-state index >= 15 is 0 Å². The maximum absolute atomic E-state index is 10.6. The summed E-state index contributed by atoms with van der Waals surface area (Å²) in [7, 11) is 0. The van der Waals surface area contributed by atoms with E-state index in [0.29, 0.717) is 17.2 Å². The van der Waals surface area contributed by atoms with Gasteiger partial charge in [0.25, 0.3) is 5.69 Å². The monoisotopic (exact) mass is 230 g/mol. The lowest BCUT2D eigenvalue weighted by Crippen LogP contribution is -1.98. The zero-order chi connectivity index (χ0) is 12.4. The molecule has 0 spiro atoms. The molecule has 0 radical (unpaired) electrons. The summed E-state index contributed by atoms with van der Waals surface area (Å²) < 4.78 is 0. The molecule has 1 aromatic carbocycles. The lowest BCUT2D eigenvalue weighted by atomic mass is 10.2. The van der Waals surface area contributed by atoms with Crippen LogP contribution in [0.15, 0.2) is 30.5 Å². The van der Waals surface area contributed by atoms with Crippen LogP contribution in [0.1, 0.15) is 5.56 Å². The maximum atomic E-state index is 10.6. The lowest BCUT2D eigenvalue weighted by molar-refractivity contribution is -0.384. The summed E-state index contributed by atoms with van der Waals surface area (Å²) >= 11 is 0. The molecule has 17 heavy (non-hydrogen) atoms. The van der Waals surface area contributed by atoms with Gasteiger partial charge >= 0.3 is 0 Å². The number of nitro benzene ring substituents is 1. The van der Waals surface area contributed by atoms with Crippen LogP contribution in [-0.2, 0) is 0 Å². The fraction of sp³-hybridized carbons (Fsp3) is 0.0909. The van der Waals surface area contributed by atoms with Crippen LogP contribution in [0, 0.1) is 17.0 Å². The van der Waals surface area contributed by atoms with Crippen molar-refractivity contribution in [1.29, 1.82) is 0 Å². The summed E-state index contributed by atoms with van der Waals surface area (Å²) in [5.41, 5.74) is 7.03.